The molecule has 0 saturated carbocycles. The summed E-state index contributed by atoms with van der Waals surface area (Å²) in [7, 11) is 0. The number of halogens is 1. The third-order valence-corrected chi connectivity index (χ3v) is 3.60. The third-order valence-electron chi connectivity index (χ3n) is 3.11. The highest BCUT2D eigenvalue weighted by Crippen LogP contribution is 2.30. The SMILES string of the molecule is Nc1ccc2c(c1)NCCC(c1cccc(Br)c1)=N2. The van der Waals surface area contributed by atoms with Gasteiger partial charge in [-0.2, -0.15) is 0 Å². The van der Waals surface area contributed by atoms with E-state index >= 15 is 0 Å². The Morgan fingerprint density at radius 2 is 2.05 bits per heavy atom. The van der Waals surface area contributed by atoms with Gasteiger partial charge < -0.3 is 11.1 Å². The first-order chi connectivity index (χ1) is 9.22. The van der Waals surface area contributed by atoms with Gasteiger partial charge >= 0.3 is 0 Å². The van der Waals surface area contributed by atoms with Crippen molar-refractivity contribution in [2.24, 2.45) is 4.99 Å². The number of hydrogen-bond acceptors (Lipinski definition) is 3. The topological polar surface area (TPSA) is 50.4 Å². The number of fused-ring (bicyclic) bond motifs is 1. The van der Waals surface area contributed by atoms with E-state index in [1.807, 2.05) is 30.3 Å². The Kier molecular flexibility index (Phi) is 3.25. The lowest BCUT2D eigenvalue weighted by Gasteiger charge is -2.05. The first kappa shape index (κ1) is 12.2. The highest BCUT2D eigenvalue weighted by atomic mass is 79.9. The van der Waals surface area contributed by atoms with Crippen molar-refractivity contribution < 1.29 is 0 Å². The van der Waals surface area contributed by atoms with Gasteiger partial charge in [-0.15, -0.1) is 0 Å². The number of nitrogens with two attached hydrogens (primary N) is 1. The minimum atomic E-state index is 0.757. The molecule has 0 unspecified atom stereocenters. The van der Waals surface area contributed by atoms with Gasteiger partial charge in [0.25, 0.3) is 0 Å². The highest BCUT2D eigenvalue weighted by Gasteiger charge is 2.11. The van der Waals surface area contributed by atoms with Crippen LogP contribution in [0.1, 0.15) is 12.0 Å². The standard InChI is InChI=1S/C15H14BrN3/c16-11-3-1-2-10(8-11)13-6-7-18-15-9-12(17)4-5-14(15)19-13/h1-5,8-9,18H,6-7,17H2. The van der Waals surface area contributed by atoms with Crippen LogP contribution in [0.4, 0.5) is 17.1 Å². The lowest BCUT2D eigenvalue weighted by Crippen LogP contribution is -2.07. The zero-order valence-electron chi connectivity index (χ0n) is 10.4. The van der Waals surface area contributed by atoms with Crippen LogP contribution in [0.5, 0.6) is 0 Å². The van der Waals surface area contributed by atoms with E-state index in [1.54, 1.807) is 0 Å². The Morgan fingerprint density at radius 3 is 2.89 bits per heavy atom. The molecular weight excluding hydrogens is 302 g/mol. The predicted molar refractivity (Wildman–Crippen MR) is 84.3 cm³/mol. The molecule has 0 spiro atoms. The Bertz CT molecular complexity index is 650. The first-order valence-corrected chi connectivity index (χ1v) is 6.98. The van der Waals surface area contributed by atoms with Crippen molar-refractivity contribution in [2.45, 2.75) is 6.42 Å². The van der Waals surface area contributed by atoms with Crippen molar-refractivity contribution in [1.29, 1.82) is 0 Å². The van der Waals surface area contributed by atoms with Gasteiger partial charge in [-0.25, -0.2) is 0 Å². The summed E-state index contributed by atoms with van der Waals surface area (Å²) in [6.07, 6.45) is 0.894. The van der Waals surface area contributed by atoms with E-state index in [0.717, 1.165) is 45.8 Å². The molecule has 0 amide bonds. The van der Waals surface area contributed by atoms with Gasteiger partial charge in [0.05, 0.1) is 17.1 Å². The normalized spacial score (nSPS) is 14.1. The van der Waals surface area contributed by atoms with Gasteiger partial charge in [-0.3, -0.25) is 4.99 Å². The lowest BCUT2D eigenvalue weighted by atomic mass is 10.1. The summed E-state index contributed by atoms with van der Waals surface area (Å²) < 4.78 is 1.07. The van der Waals surface area contributed by atoms with Crippen molar-refractivity contribution in [3.8, 4) is 0 Å². The molecule has 0 saturated heterocycles. The van der Waals surface area contributed by atoms with Crippen LogP contribution in [-0.4, -0.2) is 12.3 Å². The minimum absolute atomic E-state index is 0.757. The van der Waals surface area contributed by atoms with Crippen LogP contribution in [0.25, 0.3) is 0 Å². The summed E-state index contributed by atoms with van der Waals surface area (Å²) in [5, 5.41) is 3.37. The molecule has 0 bridgehead atoms. The molecule has 0 radical (unpaired) electrons. The second-order valence-corrected chi connectivity index (χ2v) is 5.44. The van der Waals surface area contributed by atoms with Gasteiger partial charge in [0.1, 0.15) is 0 Å². The van der Waals surface area contributed by atoms with Crippen molar-refractivity contribution in [3.05, 3.63) is 52.5 Å². The van der Waals surface area contributed by atoms with Gasteiger partial charge in [0.15, 0.2) is 0 Å². The summed E-state index contributed by atoms with van der Waals surface area (Å²) in [6, 6.07) is 14.0. The number of nitrogen functional groups attached to an aromatic ring is 1. The fraction of sp³-hybridized carbons (Fsp3) is 0.133. The molecule has 0 aromatic heterocycles. The molecule has 3 rings (SSSR count). The van der Waals surface area contributed by atoms with Crippen molar-refractivity contribution in [2.75, 3.05) is 17.6 Å². The molecule has 1 aliphatic rings. The zero-order valence-corrected chi connectivity index (χ0v) is 11.9. The average Bonchev–Trinajstić information content (AvgIpc) is 2.60. The quantitative estimate of drug-likeness (QED) is 0.782. The van der Waals surface area contributed by atoms with Crippen LogP contribution in [0.15, 0.2) is 51.9 Å². The number of benzene rings is 2. The van der Waals surface area contributed by atoms with Gasteiger partial charge in [0, 0.05) is 23.1 Å². The summed E-state index contributed by atoms with van der Waals surface area (Å²) in [5.41, 5.74) is 10.8. The fourth-order valence-electron chi connectivity index (χ4n) is 2.19. The third kappa shape index (κ3) is 2.63. The number of rotatable bonds is 1. The highest BCUT2D eigenvalue weighted by molar-refractivity contribution is 9.10. The summed E-state index contributed by atoms with van der Waals surface area (Å²) in [6.45, 7) is 0.863. The monoisotopic (exact) mass is 315 g/mol. The van der Waals surface area contributed by atoms with E-state index in [-0.39, 0.29) is 0 Å². The van der Waals surface area contributed by atoms with E-state index in [1.165, 1.54) is 0 Å². The molecule has 0 fully saturated rings. The summed E-state index contributed by atoms with van der Waals surface area (Å²) >= 11 is 3.50. The van der Waals surface area contributed by atoms with Crippen molar-refractivity contribution in [1.82, 2.24) is 0 Å². The molecule has 3 nitrogen and oxygen atoms in total. The first-order valence-electron chi connectivity index (χ1n) is 6.19. The van der Waals surface area contributed by atoms with Gasteiger partial charge in [-0.05, 0) is 35.9 Å². The van der Waals surface area contributed by atoms with Crippen LogP contribution in [0.2, 0.25) is 0 Å². The molecular formula is C15H14BrN3. The smallest absolute Gasteiger partial charge is 0.0866 e. The van der Waals surface area contributed by atoms with Crippen LogP contribution in [0, 0.1) is 0 Å². The molecule has 0 atom stereocenters. The van der Waals surface area contributed by atoms with Gasteiger partial charge in [0.2, 0.25) is 0 Å². The maximum Gasteiger partial charge on any atom is 0.0866 e. The number of anilines is 2. The van der Waals surface area contributed by atoms with Crippen LogP contribution >= 0.6 is 15.9 Å². The Hall–Kier alpha value is -1.81. The second kappa shape index (κ2) is 5.05. The molecule has 0 aliphatic carbocycles. The largest absolute Gasteiger partial charge is 0.399 e. The Morgan fingerprint density at radius 1 is 1.16 bits per heavy atom. The van der Waals surface area contributed by atoms with E-state index in [2.05, 4.69) is 33.4 Å². The molecule has 2 aromatic carbocycles. The predicted octanol–water partition coefficient (Wildman–Crippen LogP) is 3.97. The van der Waals surface area contributed by atoms with E-state index in [4.69, 9.17) is 10.7 Å². The van der Waals surface area contributed by atoms with E-state index in [0.29, 0.717) is 0 Å². The fourth-order valence-corrected chi connectivity index (χ4v) is 2.59. The lowest BCUT2D eigenvalue weighted by molar-refractivity contribution is 1.12. The number of nitrogens with zero attached hydrogens (tertiary/aromatic N) is 1. The van der Waals surface area contributed by atoms with E-state index < -0.39 is 0 Å². The van der Waals surface area contributed by atoms with Crippen LogP contribution in [0.3, 0.4) is 0 Å². The van der Waals surface area contributed by atoms with Crippen LogP contribution in [-0.2, 0) is 0 Å². The Labute approximate surface area is 120 Å². The molecule has 1 aliphatic heterocycles. The summed E-state index contributed by atoms with van der Waals surface area (Å²) in [5.74, 6) is 0. The molecule has 96 valence electrons. The summed E-state index contributed by atoms with van der Waals surface area (Å²) in [4.78, 5) is 4.77. The second-order valence-electron chi connectivity index (χ2n) is 4.52. The number of hydrogen-bond donors (Lipinski definition) is 2. The van der Waals surface area contributed by atoms with E-state index in [9.17, 15) is 0 Å². The average molecular weight is 316 g/mol. The molecule has 2 aromatic rings. The molecule has 4 heteroatoms. The number of aliphatic imine (C=N–C) groups is 1. The maximum absolute atomic E-state index is 5.80. The zero-order chi connectivity index (χ0) is 13.2. The molecule has 3 N–H and O–H groups in total. The minimum Gasteiger partial charge on any atom is -0.399 e. The molecule has 1 heterocycles. The number of nitrogens with one attached hydrogen (secondary N) is 1. The maximum atomic E-state index is 5.80. The van der Waals surface area contributed by atoms with Crippen molar-refractivity contribution in [3.63, 3.8) is 0 Å². The molecule has 19 heavy (non-hydrogen) atoms. The Balaban J connectivity index is 2.05. The van der Waals surface area contributed by atoms with Crippen molar-refractivity contribution >= 4 is 38.7 Å². The van der Waals surface area contributed by atoms with Crippen LogP contribution < -0.4 is 11.1 Å². The van der Waals surface area contributed by atoms with Gasteiger partial charge in [-0.1, -0.05) is 28.1 Å².